The predicted molar refractivity (Wildman–Crippen MR) is 85.8 cm³/mol. The Balaban J connectivity index is 1.89. The monoisotopic (exact) mass is 299 g/mol. The average Bonchev–Trinajstić information content (AvgIpc) is 2.88. The Bertz CT molecular complexity index is 782. The van der Waals surface area contributed by atoms with Gasteiger partial charge in [-0.3, -0.25) is 0 Å². The van der Waals surface area contributed by atoms with Crippen LogP contribution in [0.3, 0.4) is 0 Å². The van der Waals surface area contributed by atoms with Crippen molar-refractivity contribution in [1.29, 1.82) is 0 Å². The summed E-state index contributed by atoms with van der Waals surface area (Å²) in [7, 11) is 1.66. The van der Waals surface area contributed by atoms with E-state index in [1.165, 1.54) is 11.1 Å². The molecule has 0 fully saturated rings. The van der Waals surface area contributed by atoms with E-state index in [1.807, 2.05) is 18.2 Å². The summed E-state index contributed by atoms with van der Waals surface area (Å²) in [6, 6.07) is 12.1. The maximum atomic E-state index is 5.69. The molecule has 108 valence electrons. The molecule has 0 saturated carbocycles. The molecule has 21 heavy (non-hydrogen) atoms. The minimum absolute atomic E-state index is 0.571. The van der Waals surface area contributed by atoms with Gasteiger partial charge < -0.3 is 15.5 Å². The van der Waals surface area contributed by atoms with Crippen LogP contribution in [0.15, 0.2) is 46.5 Å². The van der Waals surface area contributed by atoms with Gasteiger partial charge in [-0.15, -0.1) is 0 Å². The fraction of sp³-hybridized carbons (Fsp3) is 0.188. The fourth-order valence-corrected chi connectivity index (χ4v) is 3.11. The van der Waals surface area contributed by atoms with Crippen LogP contribution in [0.1, 0.15) is 11.1 Å². The van der Waals surface area contributed by atoms with Crippen LogP contribution in [-0.2, 0) is 6.54 Å². The first kappa shape index (κ1) is 14.0. The number of rotatable bonds is 4. The largest absolute Gasteiger partial charge is 0.497 e. The number of aromatic amines is 1. The standard InChI is InChI=1S/C16H17N3OS/c1-10-7-13(5-3-11(10)9-17)21-16-18-14-6-4-12(20-2)8-15(14)19-16/h3-8H,9,17H2,1-2H3,(H,18,19). The number of fused-ring (bicyclic) bond motifs is 1. The zero-order valence-corrected chi connectivity index (χ0v) is 12.8. The Morgan fingerprint density at radius 3 is 2.81 bits per heavy atom. The van der Waals surface area contributed by atoms with Crippen molar-refractivity contribution in [3.63, 3.8) is 0 Å². The molecule has 0 radical (unpaired) electrons. The molecular formula is C16H17N3OS. The Kier molecular flexibility index (Phi) is 3.86. The highest BCUT2D eigenvalue weighted by Gasteiger charge is 2.07. The van der Waals surface area contributed by atoms with Crippen molar-refractivity contribution in [2.24, 2.45) is 5.73 Å². The Morgan fingerprint density at radius 1 is 1.24 bits per heavy atom. The molecule has 0 unspecified atom stereocenters. The van der Waals surface area contributed by atoms with Gasteiger partial charge in [-0.25, -0.2) is 4.98 Å². The second-order valence-corrected chi connectivity index (χ2v) is 5.88. The van der Waals surface area contributed by atoms with Crippen LogP contribution in [0.4, 0.5) is 0 Å². The summed E-state index contributed by atoms with van der Waals surface area (Å²) < 4.78 is 5.22. The number of nitrogens with two attached hydrogens (primary N) is 1. The van der Waals surface area contributed by atoms with Gasteiger partial charge >= 0.3 is 0 Å². The third-order valence-electron chi connectivity index (χ3n) is 3.42. The molecule has 0 bridgehead atoms. The molecule has 2 aromatic carbocycles. The van der Waals surface area contributed by atoms with E-state index < -0.39 is 0 Å². The molecule has 3 aromatic rings. The van der Waals surface area contributed by atoms with E-state index in [4.69, 9.17) is 10.5 Å². The van der Waals surface area contributed by atoms with Gasteiger partial charge in [0, 0.05) is 17.5 Å². The van der Waals surface area contributed by atoms with Crippen LogP contribution >= 0.6 is 11.8 Å². The van der Waals surface area contributed by atoms with Gasteiger partial charge in [0.2, 0.25) is 0 Å². The fourth-order valence-electron chi connectivity index (χ4n) is 2.21. The summed E-state index contributed by atoms with van der Waals surface area (Å²) in [5, 5.41) is 0.873. The van der Waals surface area contributed by atoms with Gasteiger partial charge in [0.1, 0.15) is 5.75 Å². The third kappa shape index (κ3) is 2.89. The SMILES string of the molecule is COc1ccc2nc(Sc3ccc(CN)c(C)c3)[nH]c2c1. The number of hydrogen-bond acceptors (Lipinski definition) is 4. The molecule has 0 saturated heterocycles. The van der Waals surface area contributed by atoms with Gasteiger partial charge in [-0.2, -0.15) is 0 Å². The van der Waals surface area contributed by atoms with E-state index in [1.54, 1.807) is 18.9 Å². The van der Waals surface area contributed by atoms with Crippen LogP contribution in [-0.4, -0.2) is 17.1 Å². The number of hydrogen-bond donors (Lipinski definition) is 2. The van der Waals surface area contributed by atoms with Gasteiger partial charge in [0.15, 0.2) is 5.16 Å². The lowest BCUT2D eigenvalue weighted by Crippen LogP contribution is -1.98. The van der Waals surface area contributed by atoms with Crippen LogP contribution in [0.2, 0.25) is 0 Å². The van der Waals surface area contributed by atoms with Crippen molar-refractivity contribution in [2.75, 3.05) is 7.11 Å². The summed E-state index contributed by atoms with van der Waals surface area (Å²) in [6.45, 7) is 2.65. The first-order valence-electron chi connectivity index (χ1n) is 6.71. The number of nitrogens with one attached hydrogen (secondary N) is 1. The van der Waals surface area contributed by atoms with Crippen molar-refractivity contribution in [2.45, 2.75) is 23.5 Å². The number of H-pyrrole nitrogens is 1. The van der Waals surface area contributed by atoms with Gasteiger partial charge in [-0.05, 0) is 42.3 Å². The molecular weight excluding hydrogens is 282 g/mol. The smallest absolute Gasteiger partial charge is 0.171 e. The molecule has 0 aliphatic heterocycles. The highest BCUT2D eigenvalue weighted by molar-refractivity contribution is 7.99. The zero-order valence-electron chi connectivity index (χ0n) is 12.0. The van der Waals surface area contributed by atoms with Crippen molar-refractivity contribution < 1.29 is 4.74 Å². The Labute approximate surface area is 127 Å². The van der Waals surface area contributed by atoms with E-state index in [2.05, 4.69) is 35.1 Å². The lowest BCUT2D eigenvalue weighted by molar-refractivity contribution is 0.415. The number of nitrogens with zero attached hydrogens (tertiary/aromatic N) is 1. The van der Waals surface area contributed by atoms with E-state index in [-0.39, 0.29) is 0 Å². The van der Waals surface area contributed by atoms with Crippen LogP contribution in [0.25, 0.3) is 11.0 Å². The molecule has 0 amide bonds. The molecule has 1 aromatic heterocycles. The van der Waals surface area contributed by atoms with Crippen molar-refractivity contribution in [1.82, 2.24) is 9.97 Å². The molecule has 3 N–H and O–H groups in total. The lowest BCUT2D eigenvalue weighted by Gasteiger charge is -2.04. The van der Waals surface area contributed by atoms with Gasteiger partial charge in [-0.1, -0.05) is 17.8 Å². The summed E-state index contributed by atoms with van der Waals surface area (Å²) in [4.78, 5) is 9.05. The number of benzene rings is 2. The quantitative estimate of drug-likeness (QED) is 0.774. The molecule has 1 heterocycles. The molecule has 0 atom stereocenters. The number of ether oxygens (including phenoxy) is 1. The highest BCUT2D eigenvalue weighted by atomic mass is 32.2. The van der Waals surface area contributed by atoms with Crippen LogP contribution in [0.5, 0.6) is 5.75 Å². The van der Waals surface area contributed by atoms with Crippen LogP contribution < -0.4 is 10.5 Å². The third-order valence-corrected chi connectivity index (χ3v) is 4.29. The number of aryl methyl sites for hydroxylation is 1. The van der Waals surface area contributed by atoms with Gasteiger partial charge in [0.05, 0.1) is 18.1 Å². The average molecular weight is 299 g/mol. The summed E-state index contributed by atoms with van der Waals surface area (Å²) in [5.74, 6) is 0.825. The molecule has 3 rings (SSSR count). The maximum absolute atomic E-state index is 5.69. The molecule has 0 aliphatic carbocycles. The van der Waals surface area contributed by atoms with Gasteiger partial charge in [0.25, 0.3) is 0 Å². The van der Waals surface area contributed by atoms with Crippen molar-refractivity contribution in [3.8, 4) is 5.75 Å². The number of imidazole rings is 1. The highest BCUT2D eigenvalue weighted by Crippen LogP contribution is 2.29. The summed E-state index contributed by atoms with van der Waals surface area (Å²) >= 11 is 1.61. The molecule has 0 aliphatic rings. The first-order chi connectivity index (χ1) is 10.2. The molecule has 0 spiro atoms. The predicted octanol–water partition coefficient (Wildman–Crippen LogP) is 3.49. The van der Waals surface area contributed by atoms with E-state index >= 15 is 0 Å². The van der Waals surface area contributed by atoms with E-state index in [0.29, 0.717) is 6.54 Å². The Morgan fingerprint density at radius 2 is 2.10 bits per heavy atom. The topological polar surface area (TPSA) is 63.9 Å². The lowest BCUT2D eigenvalue weighted by atomic mass is 10.1. The summed E-state index contributed by atoms with van der Waals surface area (Å²) in [6.07, 6.45) is 0. The van der Waals surface area contributed by atoms with Crippen LogP contribution in [0, 0.1) is 6.92 Å². The van der Waals surface area contributed by atoms with Crippen molar-refractivity contribution in [3.05, 3.63) is 47.5 Å². The molecule has 4 nitrogen and oxygen atoms in total. The number of aromatic nitrogens is 2. The second-order valence-electron chi connectivity index (χ2n) is 4.82. The van der Waals surface area contributed by atoms with E-state index in [9.17, 15) is 0 Å². The minimum atomic E-state index is 0.571. The summed E-state index contributed by atoms with van der Waals surface area (Å²) in [5.41, 5.74) is 10.00. The number of methoxy groups -OCH3 is 1. The zero-order chi connectivity index (χ0) is 14.8. The molecule has 5 heteroatoms. The van der Waals surface area contributed by atoms with Crippen molar-refractivity contribution >= 4 is 22.8 Å². The van der Waals surface area contributed by atoms with E-state index in [0.717, 1.165) is 26.8 Å². The maximum Gasteiger partial charge on any atom is 0.171 e. The first-order valence-corrected chi connectivity index (χ1v) is 7.52. The Hall–Kier alpha value is -1.98. The normalized spacial score (nSPS) is 11.0. The second kappa shape index (κ2) is 5.79. The minimum Gasteiger partial charge on any atom is -0.497 e.